The van der Waals surface area contributed by atoms with Crippen molar-refractivity contribution in [1.29, 1.82) is 0 Å². The number of primary amides is 1. The molecule has 0 spiro atoms. The van der Waals surface area contributed by atoms with Gasteiger partial charge in [0, 0.05) is 25.1 Å². The number of hydrogen-bond acceptors (Lipinski definition) is 4. The standard InChI is InChI=1S/C12H18N4O2/c13-11(17)3-1-2-6-16-12(18)7-10(8-14-16)15-9-4-5-9/h7-9,15H,1-6H2,(H2,13,17). The number of carbonyl (C=O) groups is 1. The van der Waals surface area contributed by atoms with Gasteiger partial charge >= 0.3 is 0 Å². The molecular formula is C12H18N4O2. The second-order valence-corrected chi connectivity index (χ2v) is 4.65. The summed E-state index contributed by atoms with van der Waals surface area (Å²) in [6.07, 6.45) is 5.77. The first-order chi connectivity index (χ1) is 8.65. The van der Waals surface area contributed by atoms with Crippen LogP contribution in [0.2, 0.25) is 0 Å². The van der Waals surface area contributed by atoms with E-state index in [4.69, 9.17) is 5.73 Å². The van der Waals surface area contributed by atoms with Crippen LogP contribution in [0.1, 0.15) is 32.1 Å². The molecule has 0 bridgehead atoms. The van der Waals surface area contributed by atoms with Crippen LogP contribution in [0.3, 0.4) is 0 Å². The van der Waals surface area contributed by atoms with Crippen molar-refractivity contribution in [2.75, 3.05) is 5.32 Å². The van der Waals surface area contributed by atoms with Gasteiger partial charge in [0.15, 0.2) is 0 Å². The van der Waals surface area contributed by atoms with Crippen molar-refractivity contribution >= 4 is 11.6 Å². The van der Waals surface area contributed by atoms with E-state index >= 15 is 0 Å². The zero-order chi connectivity index (χ0) is 13.0. The summed E-state index contributed by atoms with van der Waals surface area (Å²) in [5.41, 5.74) is 5.72. The van der Waals surface area contributed by atoms with Crippen LogP contribution in [0.25, 0.3) is 0 Å². The van der Waals surface area contributed by atoms with Gasteiger partial charge in [0.2, 0.25) is 5.91 Å². The Bertz CT molecular complexity index is 479. The number of nitrogens with one attached hydrogen (secondary N) is 1. The number of unbranched alkanes of at least 4 members (excludes halogenated alkanes) is 1. The maximum atomic E-state index is 11.7. The molecule has 0 atom stereocenters. The third-order valence-corrected chi connectivity index (χ3v) is 2.86. The molecule has 0 unspecified atom stereocenters. The van der Waals surface area contributed by atoms with E-state index in [1.54, 1.807) is 12.3 Å². The highest BCUT2D eigenvalue weighted by molar-refractivity contribution is 5.73. The fourth-order valence-corrected chi connectivity index (χ4v) is 1.70. The Balaban J connectivity index is 1.84. The van der Waals surface area contributed by atoms with E-state index in [0.29, 0.717) is 25.4 Å². The lowest BCUT2D eigenvalue weighted by atomic mass is 10.2. The molecule has 0 saturated heterocycles. The molecule has 1 aromatic heterocycles. The van der Waals surface area contributed by atoms with Gasteiger partial charge in [-0.15, -0.1) is 0 Å². The van der Waals surface area contributed by atoms with Crippen molar-refractivity contribution in [2.24, 2.45) is 5.73 Å². The lowest BCUT2D eigenvalue weighted by Gasteiger charge is -2.06. The fraction of sp³-hybridized carbons (Fsp3) is 0.583. The van der Waals surface area contributed by atoms with E-state index in [0.717, 1.165) is 24.9 Å². The molecule has 0 radical (unpaired) electrons. The molecule has 1 aliphatic rings. The van der Waals surface area contributed by atoms with Crippen LogP contribution in [-0.2, 0) is 11.3 Å². The molecule has 1 amide bonds. The van der Waals surface area contributed by atoms with Gasteiger partial charge in [-0.25, -0.2) is 4.68 Å². The third kappa shape index (κ3) is 3.87. The number of rotatable bonds is 7. The van der Waals surface area contributed by atoms with Crippen LogP contribution in [-0.4, -0.2) is 21.7 Å². The minimum atomic E-state index is -0.306. The van der Waals surface area contributed by atoms with Gasteiger partial charge in [-0.3, -0.25) is 9.59 Å². The van der Waals surface area contributed by atoms with E-state index < -0.39 is 0 Å². The number of carbonyl (C=O) groups excluding carboxylic acids is 1. The van der Waals surface area contributed by atoms with Gasteiger partial charge in [-0.2, -0.15) is 5.10 Å². The van der Waals surface area contributed by atoms with Crippen molar-refractivity contribution in [3.05, 3.63) is 22.6 Å². The van der Waals surface area contributed by atoms with Crippen LogP contribution in [0, 0.1) is 0 Å². The van der Waals surface area contributed by atoms with Gasteiger partial charge in [0.25, 0.3) is 5.56 Å². The number of nitrogens with zero attached hydrogens (tertiary/aromatic N) is 2. The van der Waals surface area contributed by atoms with Crippen molar-refractivity contribution in [3.8, 4) is 0 Å². The first kappa shape index (κ1) is 12.6. The molecule has 1 heterocycles. The Morgan fingerprint density at radius 1 is 1.50 bits per heavy atom. The smallest absolute Gasteiger partial charge is 0.268 e. The van der Waals surface area contributed by atoms with Gasteiger partial charge in [0.05, 0.1) is 11.9 Å². The topological polar surface area (TPSA) is 90.0 Å². The van der Waals surface area contributed by atoms with Gasteiger partial charge in [-0.05, 0) is 25.7 Å². The quantitative estimate of drug-likeness (QED) is 0.688. The molecule has 1 aliphatic carbocycles. The average molecular weight is 250 g/mol. The highest BCUT2D eigenvalue weighted by Gasteiger charge is 2.20. The van der Waals surface area contributed by atoms with Gasteiger partial charge in [-0.1, -0.05) is 0 Å². The van der Waals surface area contributed by atoms with Crippen molar-refractivity contribution in [2.45, 2.75) is 44.7 Å². The molecule has 18 heavy (non-hydrogen) atoms. The Morgan fingerprint density at radius 3 is 2.89 bits per heavy atom. The summed E-state index contributed by atoms with van der Waals surface area (Å²) in [7, 11) is 0. The summed E-state index contributed by atoms with van der Waals surface area (Å²) >= 11 is 0. The molecule has 0 aromatic carbocycles. The van der Waals surface area contributed by atoms with Crippen LogP contribution < -0.4 is 16.6 Å². The molecular weight excluding hydrogens is 232 g/mol. The molecule has 2 rings (SSSR count). The Labute approximate surface area is 105 Å². The average Bonchev–Trinajstić information content (AvgIpc) is 3.10. The highest BCUT2D eigenvalue weighted by atomic mass is 16.1. The van der Waals surface area contributed by atoms with Gasteiger partial charge < -0.3 is 11.1 Å². The Hall–Kier alpha value is -1.85. The number of amides is 1. The summed E-state index contributed by atoms with van der Waals surface area (Å²) in [4.78, 5) is 22.3. The molecule has 98 valence electrons. The van der Waals surface area contributed by atoms with Crippen LogP contribution in [0.15, 0.2) is 17.1 Å². The summed E-state index contributed by atoms with van der Waals surface area (Å²) in [6.45, 7) is 0.524. The third-order valence-electron chi connectivity index (χ3n) is 2.86. The maximum Gasteiger partial charge on any atom is 0.268 e. The van der Waals surface area contributed by atoms with Crippen molar-refractivity contribution < 1.29 is 4.79 Å². The zero-order valence-corrected chi connectivity index (χ0v) is 10.3. The second-order valence-electron chi connectivity index (χ2n) is 4.65. The number of hydrogen-bond donors (Lipinski definition) is 2. The Kier molecular flexibility index (Phi) is 3.96. The summed E-state index contributed by atoms with van der Waals surface area (Å²) < 4.78 is 1.42. The molecule has 1 saturated carbocycles. The van der Waals surface area contributed by atoms with E-state index in [-0.39, 0.29) is 11.5 Å². The molecule has 6 nitrogen and oxygen atoms in total. The lowest BCUT2D eigenvalue weighted by molar-refractivity contribution is -0.118. The van der Waals surface area contributed by atoms with Crippen LogP contribution in [0.5, 0.6) is 0 Å². The molecule has 0 aliphatic heterocycles. The van der Waals surface area contributed by atoms with Crippen LogP contribution >= 0.6 is 0 Å². The predicted molar refractivity (Wildman–Crippen MR) is 68.2 cm³/mol. The summed E-state index contributed by atoms with van der Waals surface area (Å²) in [5, 5.41) is 7.33. The first-order valence-corrected chi connectivity index (χ1v) is 6.27. The molecule has 3 N–H and O–H groups in total. The van der Waals surface area contributed by atoms with E-state index in [2.05, 4.69) is 10.4 Å². The SMILES string of the molecule is NC(=O)CCCCn1ncc(NC2CC2)cc1=O. The van der Waals surface area contributed by atoms with Crippen molar-refractivity contribution in [1.82, 2.24) is 9.78 Å². The zero-order valence-electron chi connectivity index (χ0n) is 10.3. The van der Waals surface area contributed by atoms with E-state index in [9.17, 15) is 9.59 Å². The van der Waals surface area contributed by atoms with Crippen molar-refractivity contribution in [3.63, 3.8) is 0 Å². The summed E-state index contributed by atoms with van der Waals surface area (Å²) in [5.74, 6) is -0.306. The maximum absolute atomic E-state index is 11.7. The number of aromatic nitrogens is 2. The summed E-state index contributed by atoms with van der Waals surface area (Å²) in [6, 6.07) is 2.08. The predicted octanol–water partition coefficient (Wildman–Crippen LogP) is 0.473. The number of aryl methyl sites for hydroxylation is 1. The Morgan fingerprint density at radius 2 is 2.28 bits per heavy atom. The van der Waals surface area contributed by atoms with E-state index in [1.807, 2.05) is 0 Å². The fourth-order valence-electron chi connectivity index (χ4n) is 1.70. The number of nitrogens with two attached hydrogens (primary N) is 1. The minimum Gasteiger partial charge on any atom is -0.381 e. The van der Waals surface area contributed by atoms with E-state index in [1.165, 1.54) is 4.68 Å². The van der Waals surface area contributed by atoms with Gasteiger partial charge in [0.1, 0.15) is 0 Å². The largest absolute Gasteiger partial charge is 0.381 e. The minimum absolute atomic E-state index is 0.111. The molecule has 6 heteroatoms. The highest BCUT2D eigenvalue weighted by Crippen LogP contribution is 2.23. The second kappa shape index (κ2) is 5.66. The number of anilines is 1. The lowest BCUT2D eigenvalue weighted by Crippen LogP contribution is -2.23. The molecule has 1 aromatic rings. The van der Waals surface area contributed by atoms with Crippen LogP contribution in [0.4, 0.5) is 5.69 Å². The first-order valence-electron chi connectivity index (χ1n) is 6.27. The molecule has 1 fully saturated rings. The monoisotopic (exact) mass is 250 g/mol. The normalized spacial score (nSPS) is 14.4.